The van der Waals surface area contributed by atoms with Gasteiger partial charge in [-0.15, -0.1) is 0 Å². The van der Waals surface area contributed by atoms with Gasteiger partial charge in [0, 0.05) is 0 Å². The number of anilines is 1. The van der Waals surface area contributed by atoms with Gasteiger partial charge in [-0.1, -0.05) is 0 Å². The summed E-state index contributed by atoms with van der Waals surface area (Å²) in [5, 5.41) is 20.7. The van der Waals surface area contributed by atoms with Gasteiger partial charge in [-0.05, 0) is 13.8 Å². The third-order valence-corrected chi connectivity index (χ3v) is 5.35. The summed E-state index contributed by atoms with van der Waals surface area (Å²) in [6.07, 6.45) is -4.01. The minimum absolute atomic E-state index is 0.111. The summed E-state index contributed by atoms with van der Waals surface area (Å²) < 4.78 is 28.1. The fourth-order valence-corrected chi connectivity index (χ4v) is 3.67. The van der Waals surface area contributed by atoms with Gasteiger partial charge in [0.15, 0.2) is 17.7 Å². The van der Waals surface area contributed by atoms with E-state index in [2.05, 4.69) is 19.7 Å². The van der Waals surface area contributed by atoms with Crippen LogP contribution in [0, 0.1) is 6.92 Å². The van der Waals surface area contributed by atoms with Crippen LogP contribution in [0.25, 0.3) is 11.2 Å². The fourth-order valence-electron chi connectivity index (χ4n) is 3.04. The summed E-state index contributed by atoms with van der Waals surface area (Å²) in [5.41, 5.74) is 6.35. The average Bonchev–Trinajstić information content (AvgIpc) is 3.17. The second kappa shape index (κ2) is 8.51. The predicted octanol–water partition coefficient (Wildman–Crippen LogP) is -1.58. The molecule has 1 saturated heterocycles. The molecule has 14 nitrogen and oxygen atoms in total. The van der Waals surface area contributed by atoms with Gasteiger partial charge in [-0.2, -0.15) is 0 Å². The first-order valence-electron chi connectivity index (χ1n) is 8.86. The number of hydrogen-bond acceptors (Lipinski definition) is 11. The number of nitrogen functional groups attached to an aromatic ring is 1. The molecular formula is C15H22N5O9P. The monoisotopic (exact) mass is 447 g/mol. The molecule has 0 radical (unpaired) electrons. The van der Waals surface area contributed by atoms with Crippen LogP contribution in [-0.2, 0) is 23.6 Å². The predicted molar refractivity (Wildman–Crippen MR) is 98.8 cm³/mol. The standard InChI is InChI=1S/C15H22N5O9P/c1-3-27-14(23)15(30(24,25)26)28-4-7-9(21)10(22)13(29-7)20-5-17-8-11(16)18-6(2)19-12(8)20/h5,7,9-10,13,15,21-22H,3-4H2,1-2H3,(H2,16,18,19)(H2,24,25,26)/t7-,9-,10-,13-,15+/m0/s1. The Balaban J connectivity index is 1.79. The quantitative estimate of drug-likeness (QED) is 0.240. The van der Waals surface area contributed by atoms with Crippen LogP contribution in [0.15, 0.2) is 6.33 Å². The topological polar surface area (TPSA) is 212 Å². The van der Waals surface area contributed by atoms with E-state index in [-0.39, 0.29) is 23.6 Å². The molecule has 3 heterocycles. The first-order valence-corrected chi connectivity index (χ1v) is 10.5. The Kier molecular flexibility index (Phi) is 6.38. The van der Waals surface area contributed by atoms with Crippen LogP contribution in [0.4, 0.5) is 5.82 Å². The van der Waals surface area contributed by atoms with Crippen LogP contribution in [0.2, 0.25) is 0 Å². The maximum absolute atomic E-state index is 11.8. The van der Waals surface area contributed by atoms with E-state index < -0.39 is 50.6 Å². The summed E-state index contributed by atoms with van der Waals surface area (Å²) in [5.74, 6) is -2.95. The molecule has 6 N–H and O–H groups in total. The van der Waals surface area contributed by atoms with Crippen molar-refractivity contribution >= 4 is 30.5 Å². The Hall–Kier alpha value is -2.19. The molecule has 30 heavy (non-hydrogen) atoms. The Morgan fingerprint density at radius 2 is 2.07 bits per heavy atom. The van der Waals surface area contributed by atoms with Crippen molar-refractivity contribution in [3.63, 3.8) is 0 Å². The number of carbonyl (C=O) groups excluding carboxylic acids is 1. The SMILES string of the molecule is CCOC(=O)[C@H](OC[C@@H]1O[C@H](n2cnc3c(N)nc(C)nc32)[C@@H](O)[C@H]1O)P(=O)(O)O. The molecule has 166 valence electrons. The number of aliphatic hydroxyl groups is 2. The molecule has 0 aliphatic carbocycles. The van der Waals surface area contributed by atoms with Crippen molar-refractivity contribution in [2.24, 2.45) is 0 Å². The fraction of sp³-hybridized carbons (Fsp3) is 0.600. The van der Waals surface area contributed by atoms with Crippen molar-refractivity contribution in [3.8, 4) is 0 Å². The molecule has 1 fully saturated rings. The van der Waals surface area contributed by atoms with Gasteiger partial charge in [0.05, 0.1) is 19.5 Å². The maximum atomic E-state index is 11.8. The number of nitrogens with zero attached hydrogens (tertiary/aromatic N) is 4. The molecule has 1 aliphatic rings. The number of rotatable bonds is 7. The molecule has 3 rings (SSSR count). The van der Waals surface area contributed by atoms with E-state index in [1.54, 1.807) is 6.92 Å². The second-order valence-electron chi connectivity index (χ2n) is 6.55. The molecule has 0 unspecified atom stereocenters. The van der Waals surface area contributed by atoms with E-state index in [1.807, 2.05) is 0 Å². The number of aryl methyl sites for hydroxylation is 1. The van der Waals surface area contributed by atoms with E-state index in [0.717, 1.165) is 0 Å². The lowest BCUT2D eigenvalue weighted by Crippen LogP contribution is -2.36. The Morgan fingerprint density at radius 1 is 1.37 bits per heavy atom. The van der Waals surface area contributed by atoms with E-state index in [4.69, 9.17) is 15.2 Å². The van der Waals surface area contributed by atoms with Crippen molar-refractivity contribution in [2.45, 2.75) is 44.2 Å². The molecule has 0 bridgehead atoms. The maximum Gasteiger partial charge on any atom is 0.365 e. The zero-order chi connectivity index (χ0) is 22.2. The van der Waals surface area contributed by atoms with Gasteiger partial charge in [0.1, 0.15) is 29.7 Å². The first-order chi connectivity index (χ1) is 14.0. The molecular weight excluding hydrogens is 425 g/mol. The third-order valence-electron chi connectivity index (χ3n) is 4.38. The summed E-state index contributed by atoms with van der Waals surface area (Å²) in [6, 6.07) is 0. The molecule has 0 spiro atoms. The molecule has 0 aromatic carbocycles. The lowest BCUT2D eigenvalue weighted by atomic mass is 10.1. The molecule has 1 aliphatic heterocycles. The van der Waals surface area contributed by atoms with E-state index in [0.29, 0.717) is 5.82 Å². The number of imidazole rings is 1. The number of fused-ring (bicyclic) bond motifs is 1. The molecule has 0 saturated carbocycles. The van der Waals surface area contributed by atoms with Crippen LogP contribution in [0.1, 0.15) is 19.0 Å². The van der Waals surface area contributed by atoms with Gasteiger partial charge in [-0.3, -0.25) is 9.13 Å². The lowest BCUT2D eigenvalue weighted by molar-refractivity contribution is -0.155. The van der Waals surface area contributed by atoms with Crippen LogP contribution >= 0.6 is 7.60 Å². The molecule has 0 amide bonds. The third kappa shape index (κ3) is 4.30. The van der Waals surface area contributed by atoms with Crippen molar-refractivity contribution in [2.75, 3.05) is 18.9 Å². The molecule has 15 heteroatoms. The summed E-state index contributed by atoms with van der Waals surface area (Å²) in [4.78, 5) is 42.7. The van der Waals surface area contributed by atoms with Gasteiger partial charge in [0.25, 0.3) is 5.85 Å². The Labute approximate surface area is 169 Å². The van der Waals surface area contributed by atoms with Gasteiger partial charge in [-0.25, -0.2) is 19.7 Å². The number of nitrogens with two attached hydrogens (primary N) is 1. The average molecular weight is 447 g/mol. The van der Waals surface area contributed by atoms with E-state index in [9.17, 15) is 29.4 Å². The smallest absolute Gasteiger partial charge is 0.365 e. The van der Waals surface area contributed by atoms with Gasteiger partial charge in [0.2, 0.25) is 0 Å². The van der Waals surface area contributed by atoms with Gasteiger partial charge >= 0.3 is 13.6 Å². The minimum atomic E-state index is -5.00. The van der Waals surface area contributed by atoms with Crippen molar-refractivity contribution in [3.05, 3.63) is 12.2 Å². The van der Waals surface area contributed by atoms with Gasteiger partial charge < -0.3 is 39.9 Å². The zero-order valence-electron chi connectivity index (χ0n) is 16.0. The first kappa shape index (κ1) is 22.5. The largest absolute Gasteiger partial charge is 0.464 e. The van der Waals surface area contributed by atoms with Crippen LogP contribution < -0.4 is 5.73 Å². The van der Waals surface area contributed by atoms with E-state index >= 15 is 0 Å². The van der Waals surface area contributed by atoms with Crippen molar-refractivity contribution in [1.82, 2.24) is 19.5 Å². The highest BCUT2D eigenvalue weighted by Crippen LogP contribution is 2.43. The normalized spacial score (nSPS) is 25.5. The zero-order valence-corrected chi connectivity index (χ0v) is 16.9. The highest BCUT2D eigenvalue weighted by molar-refractivity contribution is 7.53. The highest BCUT2D eigenvalue weighted by atomic mass is 31.2. The number of aromatic nitrogens is 4. The highest BCUT2D eigenvalue weighted by Gasteiger charge is 2.46. The molecule has 5 atom stereocenters. The lowest BCUT2D eigenvalue weighted by Gasteiger charge is -2.20. The molecule has 2 aromatic rings. The van der Waals surface area contributed by atoms with E-state index in [1.165, 1.54) is 17.8 Å². The van der Waals surface area contributed by atoms with Crippen LogP contribution in [0.5, 0.6) is 0 Å². The Morgan fingerprint density at radius 3 is 2.70 bits per heavy atom. The summed E-state index contributed by atoms with van der Waals surface area (Å²) >= 11 is 0. The number of ether oxygens (including phenoxy) is 3. The number of carbonyl (C=O) groups is 1. The number of aliphatic hydroxyl groups excluding tert-OH is 2. The van der Waals surface area contributed by atoms with Crippen LogP contribution in [-0.4, -0.2) is 82.9 Å². The number of hydrogen-bond donors (Lipinski definition) is 5. The Bertz CT molecular complexity index is 979. The summed E-state index contributed by atoms with van der Waals surface area (Å²) in [6.45, 7) is 2.36. The minimum Gasteiger partial charge on any atom is -0.464 e. The number of esters is 1. The second-order valence-corrected chi connectivity index (χ2v) is 8.20. The van der Waals surface area contributed by atoms with Crippen molar-refractivity contribution < 1.29 is 43.6 Å². The molecule has 2 aromatic heterocycles. The van der Waals surface area contributed by atoms with Crippen LogP contribution in [0.3, 0.4) is 0 Å². The van der Waals surface area contributed by atoms with Crippen molar-refractivity contribution in [1.29, 1.82) is 0 Å². The summed E-state index contributed by atoms with van der Waals surface area (Å²) in [7, 11) is -5.00.